The molecular formula is C14H25N4P. The lowest BCUT2D eigenvalue weighted by molar-refractivity contribution is -0.0417. The van der Waals surface area contributed by atoms with E-state index >= 15 is 0 Å². The van der Waals surface area contributed by atoms with E-state index in [2.05, 4.69) is 29.9 Å². The van der Waals surface area contributed by atoms with Crippen molar-refractivity contribution in [3.8, 4) is 0 Å². The summed E-state index contributed by atoms with van der Waals surface area (Å²) < 4.78 is 0. The Bertz CT molecular complexity index is 319. The quantitative estimate of drug-likeness (QED) is 0.703. The van der Waals surface area contributed by atoms with Gasteiger partial charge in [0.1, 0.15) is 0 Å². The molecular weight excluding hydrogens is 255 g/mol. The first-order chi connectivity index (χ1) is 9.36. The van der Waals surface area contributed by atoms with Crippen LogP contribution in [-0.2, 0) is 0 Å². The van der Waals surface area contributed by atoms with Crippen molar-refractivity contribution in [2.75, 3.05) is 52.4 Å². The Balaban J connectivity index is 0.000000163. The summed E-state index contributed by atoms with van der Waals surface area (Å²) in [5.74, 6) is 0. The molecule has 2 saturated heterocycles. The van der Waals surface area contributed by atoms with Crippen LogP contribution in [0.1, 0.15) is 0 Å². The molecule has 2 aliphatic rings. The van der Waals surface area contributed by atoms with Crippen LogP contribution in [0.4, 0.5) is 0 Å². The molecule has 1 aromatic rings. The van der Waals surface area contributed by atoms with Crippen LogP contribution in [0.25, 0.3) is 0 Å². The van der Waals surface area contributed by atoms with Gasteiger partial charge in [0.15, 0.2) is 0 Å². The molecule has 4 nitrogen and oxygen atoms in total. The predicted molar refractivity (Wildman–Crippen MR) is 84.7 cm³/mol. The molecule has 0 aliphatic carbocycles. The van der Waals surface area contributed by atoms with Gasteiger partial charge in [0.25, 0.3) is 0 Å². The van der Waals surface area contributed by atoms with Crippen molar-refractivity contribution in [3.63, 3.8) is 0 Å². The fourth-order valence-corrected chi connectivity index (χ4v) is 2.55. The maximum atomic E-state index is 3.37. The Hall–Kier alpha value is -0.510. The third-order valence-electron chi connectivity index (χ3n) is 3.39. The third-order valence-corrected chi connectivity index (χ3v) is 3.77. The minimum atomic E-state index is 1.14. The molecule has 0 bridgehead atoms. The lowest BCUT2D eigenvalue weighted by atomic mass is 10.4. The van der Waals surface area contributed by atoms with Crippen molar-refractivity contribution in [3.05, 3.63) is 30.3 Å². The van der Waals surface area contributed by atoms with Gasteiger partial charge in [-0.15, -0.1) is 9.24 Å². The zero-order chi connectivity index (χ0) is 13.3. The monoisotopic (exact) mass is 280 g/mol. The number of rotatable bonds is 1. The molecule has 106 valence electrons. The second-order valence-corrected chi connectivity index (χ2v) is 5.48. The Morgan fingerprint density at radius 1 is 0.737 bits per heavy atom. The summed E-state index contributed by atoms with van der Waals surface area (Å²) in [6.45, 7) is 9.29. The number of piperazine rings is 2. The van der Waals surface area contributed by atoms with Gasteiger partial charge in [-0.1, -0.05) is 30.3 Å². The van der Waals surface area contributed by atoms with Crippen LogP contribution in [-0.4, -0.2) is 62.4 Å². The molecule has 1 aromatic carbocycles. The van der Waals surface area contributed by atoms with Crippen molar-refractivity contribution in [1.82, 2.24) is 20.7 Å². The molecule has 0 saturated carbocycles. The zero-order valence-electron chi connectivity index (χ0n) is 11.5. The highest BCUT2D eigenvalue weighted by Crippen LogP contribution is 2.01. The SMILES string of the molecule is C1CN(N2CCNCC2)CCN1.Pc1ccccc1. The first-order valence-electron chi connectivity index (χ1n) is 7.08. The highest BCUT2D eigenvalue weighted by molar-refractivity contribution is 7.27. The number of benzene rings is 1. The average Bonchev–Trinajstić information content (AvgIpc) is 2.51. The van der Waals surface area contributed by atoms with Crippen molar-refractivity contribution in [2.24, 2.45) is 0 Å². The first kappa shape index (κ1) is 14.9. The largest absolute Gasteiger partial charge is 0.314 e. The molecule has 1 unspecified atom stereocenters. The number of hydrazine groups is 1. The summed E-state index contributed by atoms with van der Waals surface area (Å²) in [5.41, 5.74) is 0. The minimum Gasteiger partial charge on any atom is -0.314 e. The van der Waals surface area contributed by atoms with E-state index < -0.39 is 0 Å². The van der Waals surface area contributed by atoms with Crippen LogP contribution >= 0.6 is 9.24 Å². The van der Waals surface area contributed by atoms with Gasteiger partial charge in [-0.25, -0.2) is 10.0 Å². The smallest absolute Gasteiger partial charge is 0.0259 e. The van der Waals surface area contributed by atoms with E-state index in [1.54, 1.807) is 0 Å². The fraction of sp³-hybridized carbons (Fsp3) is 0.571. The van der Waals surface area contributed by atoms with Gasteiger partial charge in [0, 0.05) is 52.4 Å². The number of hydrogen-bond donors (Lipinski definition) is 2. The molecule has 2 aliphatic heterocycles. The van der Waals surface area contributed by atoms with E-state index in [0.717, 1.165) is 26.2 Å². The Kier molecular flexibility index (Phi) is 6.75. The van der Waals surface area contributed by atoms with Crippen LogP contribution < -0.4 is 15.9 Å². The van der Waals surface area contributed by atoms with Crippen molar-refractivity contribution < 1.29 is 0 Å². The Morgan fingerprint density at radius 3 is 1.47 bits per heavy atom. The van der Waals surface area contributed by atoms with Crippen LogP contribution in [0.2, 0.25) is 0 Å². The second kappa shape index (κ2) is 8.62. The van der Waals surface area contributed by atoms with Gasteiger partial charge >= 0.3 is 0 Å². The minimum absolute atomic E-state index is 1.14. The topological polar surface area (TPSA) is 30.5 Å². The lowest BCUT2D eigenvalue weighted by Gasteiger charge is -2.39. The van der Waals surface area contributed by atoms with Crippen molar-refractivity contribution >= 4 is 14.5 Å². The van der Waals surface area contributed by atoms with Gasteiger partial charge in [0.05, 0.1) is 0 Å². The molecule has 2 heterocycles. The predicted octanol–water partition coefficient (Wildman–Crippen LogP) is -0.101. The van der Waals surface area contributed by atoms with Crippen molar-refractivity contribution in [2.45, 2.75) is 0 Å². The van der Waals surface area contributed by atoms with Crippen LogP contribution in [0, 0.1) is 0 Å². The van der Waals surface area contributed by atoms with Gasteiger partial charge in [-0.2, -0.15) is 0 Å². The van der Waals surface area contributed by atoms with E-state index in [4.69, 9.17) is 0 Å². The first-order valence-corrected chi connectivity index (χ1v) is 7.66. The fourth-order valence-electron chi connectivity index (χ4n) is 2.32. The molecule has 3 rings (SSSR count). The summed E-state index contributed by atoms with van der Waals surface area (Å²) in [6.07, 6.45) is 0. The van der Waals surface area contributed by atoms with Gasteiger partial charge in [-0.05, 0) is 5.30 Å². The number of nitrogens with one attached hydrogen (secondary N) is 2. The average molecular weight is 280 g/mol. The maximum absolute atomic E-state index is 3.37. The van der Waals surface area contributed by atoms with Crippen LogP contribution in [0.3, 0.4) is 0 Å². The molecule has 0 radical (unpaired) electrons. The maximum Gasteiger partial charge on any atom is 0.0259 e. The lowest BCUT2D eigenvalue weighted by Crippen LogP contribution is -2.57. The highest BCUT2D eigenvalue weighted by atomic mass is 31.0. The third kappa shape index (κ3) is 5.55. The van der Waals surface area contributed by atoms with Crippen LogP contribution in [0.15, 0.2) is 30.3 Å². The molecule has 19 heavy (non-hydrogen) atoms. The number of nitrogens with zero attached hydrogens (tertiary/aromatic N) is 2. The van der Waals surface area contributed by atoms with E-state index in [1.165, 1.54) is 31.5 Å². The molecule has 0 aromatic heterocycles. The molecule has 0 amide bonds. The summed E-state index contributed by atoms with van der Waals surface area (Å²) in [4.78, 5) is 0. The van der Waals surface area contributed by atoms with E-state index in [0.29, 0.717) is 0 Å². The zero-order valence-corrected chi connectivity index (χ0v) is 12.7. The Morgan fingerprint density at radius 2 is 1.16 bits per heavy atom. The van der Waals surface area contributed by atoms with Gasteiger partial charge in [-0.3, -0.25) is 0 Å². The van der Waals surface area contributed by atoms with Crippen LogP contribution in [0.5, 0.6) is 0 Å². The van der Waals surface area contributed by atoms with Gasteiger partial charge < -0.3 is 10.6 Å². The molecule has 0 spiro atoms. The van der Waals surface area contributed by atoms with Crippen molar-refractivity contribution in [1.29, 1.82) is 0 Å². The molecule has 5 heteroatoms. The number of hydrogen-bond acceptors (Lipinski definition) is 4. The van der Waals surface area contributed by atoms with E-state index in [1.807, 2.05) is 30.3 Å². The summed E-state index contributed by atoms with van der Waals surface area (Å²) >= 11 is 0. The highest BCUT2D eigenvalue weighted by Gasteiger charge is 2.18. The normalized spacial score (nSPS) is 21.5. The van der Waals surface area contributed by atoms with E-state index in [-0.39, 0.29) is 0 Å². The molecule has 1 atom stereocenters. The summed E-state index contributed by atoms with van der Waals surface area (Å²) in [7, 11) is 2.63. The van der Waals surface area contributed by atoms with Gasteiger partial charge in [0.2, 0.25) is 0 Å². The second-order valence-electron chi connectivity index (χ2n) is 4.82. The molecule has 2 N–H and O–H groups in total. The Labute approximate surface area is 118 Å². The van der Waals surface area contributed by atoms with E-state index in [9.17, 15) is 0 Å². The standard InChI is InChI=1S/C8H18N4.C6H7P/c1-5-11(6-2-9-1)12-7-3-10-4-8-12;7-6-4-2-1-3-5-6/h9-10H,1-8H2;1-5H,7H2. The molecule has 2 fully saturated rings. The summed E-state index contributed by atoms with van der Waals surface area (Å²) in [5, 5.41) is 12.9. The summed E-state index contributed by atoms with van der Waals surface area (Å²) in [6, 6.07) is 10.1.